The number of nitro benzene ring substituents is 1. The van der Waals surface area contributed by atoms with Gasteiger partial charge in [0.15, 0.2) is 0 Å². The summed E-state index contributed by atoms with van der Waals surface area (Å²) in [4.78, 5) is 10.2. The fourth-order valence-electron chi connectivity index (χ4n) is 2.69. The molecular weight excluding hydrogens is 330 g/mol. The molecule has 0 bridgehead atoms. The van der Waals surface area contributed by atoms with Crippen molar-refractivity contribution < 1.29 is 13.3 Å². The minimum Gasteiger partial charge on any atom is -0.308 e. The van der Waals surface area contributed by atoms with Crippen LogP contribution >= 0.6 is 0 Å². The lowest BCUT2D eigenvalue weighted by atomic mass is 10.2. The van der Waals surface area contributed by atoms with Gasteiger partial charge in [-0.05, 0) is 30.7 Å². The third-order valence-electron chi connectivity index (χ3n) is 3.98. The fraction of sp³-hybridized carbons (Fsp3) is 0.250. The Morgan fingerprint density at radius 1 is 1.17 bits per heavy atom. The minimum atomic E-state index is -3.80. The molecule has 1 N–H and O–H groups in total. The number of benzene rings is 2. The van der Waals surface area contributed by atoms with E-state index in [1.54, 1.807) is 12.1 Å². The molecule has 2 aromatic rings. The lowest BCUT2D eigenvalue weighted by Crippen LogP contribution is -2.39. The summed E-state index contributed by atoms with van der Waals surface area (Å²) < 4.78 is 27.5. The first-order valence-electron chi connectivity index (χ1n) is 7.48. The van der Waals surface area contributed by atoms with Crippen molar-refractivity contribution in [2.75, 3.05) is 10.8 Å². The Labute approximate surface area is 140 Å². The van der Waals surface area contributed by atoms with Crippen LogP contribution in [0.15, 0.2) is 53.4 Å². The Bertz CT molecular complexity index is 865. The van der Waals surface area contributed by atoms with Gasteiger partial charge >= 0.3 is 0 Å². The van der Waals surface area contributed by atoms with Crippen molar-refractivity contribution in [3.63, 3.8) is 0 Å². The van der Waals surface area contributed by atoms with Crippen LogP contribution in [0.4, 0.5) is 11.4 Å². The third kappa shape index (κ3) is 2.98. The number of hydrogen-bond donors (Lipinski definition) is 1. The molecule has 0 aliphatic carbocycles. The van der Waals surface area contributed by atoms with E-state index in [1.165, 1.54) is 28.6 Å². The lowest BCUT2D eigenvalue weighted by Gasteiger charge is -2.26. The van der Waals surface area contributed by atoms with Gasteiger partial charge in [-0.1, -0.05) is 18.2 Å². The predicted octanol–water partition coefficient (Wildman–Crippen LogP) is 2.28. The van der Waals surface area contributed by atoms with Crippen LogP contribution in [-0.4, -0.2) is 25.9 Å². The molecule has 24 heavy (non-hydrogen) atoms. The maximum atomic E-state index is 13.1. The maximum Gasteiger partial charge on any atom is 0.269 e. The van der Waals surface area contributed by atoms with E-state index in [9.17, 15) is 18.5 Å². The van der Waals surface area contributed by atoms with E-state index in [0.717, 1.165) is 5.56 Å². The van der Waals surface area contributed by atoms with E-state index in [-0.39, 0.29) is 23.2 Å². The second kappa shape index (κ2) is 6.21. The van der Waals surface area contributed by atoms with E-state index in [0.29, 0.717) is 12.2 Å². The quantitative estimate of drug-likeness (QED) is 0.679. The van der Waals surface area contributed by atoms with Crippen LogP contribution < -0.4 is 9.62 Å². The molecule has 2 aromatic carbocycles. The zero-order valence-electron chi connectivity index (χ0n) is 13.0. The molecule has 1 heterocycles. The van der Waals surface area contributed by atoms with Gasteiger partial charge in [-0.2, -0.15) is 0 Å². The van der Waals surface area contributed by atoms with Gasteiger partial charge < -0.3 is 5.32 Å². The Morgan fingerprint density at radius 3 is 2.50 bits per heavy atom. The summed E-state index contributed by atoms with van der Waals surface area (Å²) in [6.45, 7) is 2.80. The van der Waals surface area contributed by atoms with E-state index < -0.39 is 14.9 Å². The van der Waals surface area contributed by atoms with Crippen molar-refractivity contribution in [2.24, 2.45) is 0 Å². The number of para-hydroxylation sites is 1. The fourth-order valence-corrected chi connectivity index (χ4v) is 4.29. The van der Waals surface area contributed by atoms with E-state index >= 15 is 0 Å². The average molecular weight is 347 g/mol. The molecule has 0 fully saturated rings. The number of nitrogens with one attached hydrogen (secondary N) is 1. The van der Waals surface area contributed by atoms with Crippen LogP contribution in [-0.2, 0) is 16.6 Å². The molecule has 0 saturated heterocycles. The molecule has 1 aliphatic rings. The average Bonchev–Trinajstić information content (AvgIpc) is 2.75. The molecule has 1 atom stereocenters. The van der Waals surface area contributed by atoms with Gasteiger partial charge in [0.1, 0.15) is 0 Å². The highest BCUT2D eigenvalue weighted by Crippen LogP contribution is 2.29. The van der Waals surface area contributed by atoms with E-state index in [2.05, 4.69) is 5.32 Å². The molecule has 0 radical (unpaired) electrons. The number of nitro groups is 1. The summed E-state index contributed by atoms with van der Waals surface area (Å²) in [6, 6.07) is 12.3. The summed E-state index contributed by atoms with van der Waals surface area (Å²) in [5.41, 5.74) is 1.39. The summed E-state index contributed by atoms with van der Waals surface area (Å²) in [5.74, 6) is 0. The van der Waals surface area contributed by atoms with Gasteiger partial charge in [0, 0.05) is 31.3 Å². The van der Waals surface area contributed by atoms with Gasteiger partial charge in [-0.25, -0.2) is 8.42 Å². The highest BCUT2D eigenvalue weighted by molar-refractivity contribution is 7.92. The summed E-state index contributed by atoms with van der Waals surface area (Å²) in [5, 5.41) is 14.0. The summed E-state index contributed by atoms with van der Waals surface area (Å²) >= 11 is 0. The maximum absolute atomic E-state index is 13.1. The Hall–Kier alpha value is -2.45. The van der Waals surface area contributed by atoms with Gasteiger partial charge in [-0.15, -0.1) is 0 Å². The molecule has 126 valence electrons. The molecule has 3 rings (SSSR count). The van der Waals surface area contributed by atoms with Gasteiger partial charge in [0.25, 0.3) is 15.7 Å². The highest BCUT2D eigenvalue weighted by atomic mass is 32.2. The largest absolute Gasteiger partial charge is 0.308 e. The zero-order valence-corrected chi connectivity index (χ0v) is 13.9. The third-order valence-corrected chi connectivity index (χ3v) is 5.77. The predicted molar refractivity (Wildman–Crippen MR) is 90.4 cm³/mol. The zero-order chi connectivity index (χ0) is 17.3. The number of rotatable bonds is 3. The van der Waals surface area contributed by atoms with Crippen molar-refractivity contribution in [2.45, 2.75) is 24.4 Å². The van der Waals surface area contributed by atoms with Crippen molar-refractivity contribution in [3.8, 4) is 0 Å². The van der Waals surface area contributed by atoms with Crippen molar-refractivity contribution >= 4 is 21.4 Å². The van der Waals surface area contributed by atoms with Crippen LogP contribution in [0, 0.1) is 10.1 Å². The number of sulfonamides is 1. The molecule has 0 amide bonds. The van der Waals surface area contributed by atoms with E-state index in [1.807, 2.05) is 19.1 Å². The molecule has 1 aliphatic heterocycles. The second-order valence-corrected chi connectivity index (χ2v) is 7.56. The van der Waals surface area contributed by atoms with Crippen LogP contribution in [0.25, 0.3) is 0 Å². The van der Waals surface area contributed by atoms with Gasteiger partial charge in [-0.3, -0.25) is 14.4 Å². The van der Waals surface area contributed by atoms with Crippen molar-refractivity contribution in [1.82, 2.24) is 5.32 Å². The molecule has 1 unspecified atom stereocenters. The van der Waals surface area contributed by atoms with Gasteiger partial charge in [0.2, 0.25) is 0 Å². The first kappa shape index (κ1) is 16.4. The Balaban J connectivity index is 2.06. The Kier molecular flexibility index (Phi) is 4.25. The SMILES string of the molecule is CC1CN(S(=O)(=O)c2ccc([N+](=O)[O-])cc2)c2ccccc2CN1. The molecule has 7 nitrogen and oxygen atoms in total. The lowest BCUT2D eigenvalue weighted by molar-refractivity contribution is -0.384. The number of anilines is 1. The smallest absolute Gasteiger partial charge is 0.269 e. The number of nitrogens with zero attached hydrogens (tertiary/aromatic N) is 2. The van der Waals surface area contributed by atoms with Crippen LogP contribution in [0.5, 0.6) is 0 Å². The van der Waals surface area contributed by atoms with E-state index in [4.69, 9.17) is 0 Å². The topological polar surface area (TPSA) is 92.5 Å². The first-order chi connectivity index (χ1) is 11.4. The highest BCUT2D eigenvalue weighted by Gasteiger charge is 2.30. The van der Waals surface area contributed by atoms with Gasteiger partial charge in [0.05, 0.1) is 15.5 Å². The summed E-state index contributed by atoms with van der Waals surface area (Å²) in [6.07, 6.45) is 0. The normalized spacial score (nSPS) is 17.9. The minimum absolute atomic E-state index is 0.0229. The monoisotopic (exact) mass is 347 g/mol. The summed E-state index contributed by atoms with van der Waals surface area (Å²) in [7, 11) is -3.80. The number of fused-ring (bicyclic) bond motifs is 1. The number of non-ortho nitro benzene ring substituents is 1. The Morgan fingerprint density at radius 2 is 1.83 bits per heavy atom. The molecule has 0 saturated carbocycles. The van der Waals surface area contributed by atoms with Crippen LogP contribution in [0.2, 0.25) is 0 Å². The number of hydrogen-bond acceptors (Lipinski definition) is 5. The molecule has 0 spiro atoms. The van der Waals surface area contributed by atoms with Crippen molar-refractivity contribution in [1.29, 1.82) is 0 Å². The van der Waals surface area contributed by atoms with Crippen LogP contribution in [0.1, 0.15) is 12.5 Å². The molecule has 8 heteroatoms. The first-order valence-corrected chi connectivity index (χ1v) is 8.92. The molecule has 0 aromatic heterocycles. The van der Waals surface area contributed by atoms with Crippen LogP contribution in [0.3, 0.4) is 0 Å². The molecular formula is C16H17N3O4S. The van der Waals surface area contributed by atoms with Crippen molar-refractivity contribution in [3.05, 3.63) is 64.2 Å². The second-order valence-electron chi connectivity index (χ2n) is 5.70. The standard InChI is InChI=1S/C16H17N3O4S/c1-12-11-18(16-5-3-2-4-13(16)10-17-12)24(22,23)15-8-6-14(7-9-15)19(20)21/h2-9,12,17H,10-11H2,1H3.